The van der Waals surface area contributed by atoms with Crippen molar-refractivity contribution in [2.45, 2.75) is 45.6 Å². The molecule has 0 aromatic heterocycles. The van der Waals surface area contributed by atoms with Gasteiger partial charge >= 0.3 is 6.03 Å². The highest BCUT2D eigenvalue weighted by atomic mass is 16.5. The fourth-order valence-electron chi connectivity index (χ4n) is 2.64. The van der Waals surface area contributed by atoms with Crippen LogP contribution in [0.1, 0.15) is 39.5 Å². The summed E-state index contributed by atoms with van der Waals surface area (Å²) in [6.45, 7) is 6.36. The van der Waals surface area contributed by atoms with E-state index in [0.717, 1.165) is 25.9 Å². The topological polar surface area (TPSA) is 50.8 Å². The zero-order valence-electron chi connectivity index (χ0n) is 15.1. The molecule has 1 unspecified atom stereocenters. The first-order valence-electron chi connectivity index (χ1n) is 8.92. The van der Waals surface area contributed by atoms with Gasteiger partial charge in [0.2, 0.25) is 0 Å². The number of carbonyl (C=O) groups excluding carboxylic acids is 1. The van der Waals surface area contributed by atoms with Gasteiger partial charge in [-0.15, -0.1) is 0 Å². The Morgan fingerprint density at radius 1 is 1.38 bits per heavy atom. The van der Waals surface area contributed by atoms with Gasteiger partial charge in [0.15, 0.2) is 0 Å². The quantitative estimate of drug-likeness (QED) is 0.815. The maximum Gasteiger partial charge on any atom is 0.321 e. The summed E-state index contributed by atoms with van der Waals surface area (Å²) in [7, 11) is 1.82. The largest absolute Gasteiger partial charge is 0.491 e. The molecule has 0 saturated carbocycles. The lowest BCUT2D eigenvalue weighted by atomic mass is 10.1. The molecule has 1 aliphatic heterocycles. The van der Waals surface area contributed by atoms with Crippen LogP contribution >= 0.6 is 0 Å². The van der Waals surface area contributed by atoms with Crippen LogP contribution in [-0.4, -0.2) is 43.8 Å². The summed E-state index contributed by atoms with van der Waals surface area (Å²) >= 11 is 0. The highest BCUT2D eigenvalue weighted by molar-refractivity contribution is 5.90. The van der Waals surface area contributed by atoms with E-state index in [4.69, 9.17) is 9.47 Å². The fraction of sp³-hybridized carbons (Fsp3) is 0.632. The number of anilines is 1. The van der Waals surface area contributed by atoms with Gasteiger partial charge in [-0.3, -0.25) is 0 Å². The number of hydrogen-bond acceptors (Lipinski definition) is 3. The third-order valence-electron chi connectivity index (χ3n) is 4.11. The average molecular weight is 334 g/mol. The van der Waals surface area contributed by atoms with Crippen LogP contribution in [0.3, 0.4) is 0 Å². The number of urea groups is 1. The molecule has 1 heterocycles. The first kappa shape index (κ1) is 18.6. The average Bonchev–Trinajstić information content (AvgIpc) is 2.59. The van der Waals surface area contributed by atoms with Gasteiger partial charge in [-0.1, -0.05) is 26.0 Å². The minimum atomic E-state index is -0.119. The molecule has 1 aliphatic rings. The molecule has 2 rings (SSSR count). The molecule has 0 aliphatic carbocycles. The predicted octanol–water partition coefficient (Wildman–Crippen LogP) is 4.14. The molecular weight excluding hydrogens is 304 g/mol. The molecule has 0 bridgehead atoms. The number of nitrogens with zero attached hydrogens (tertiary/aromatic N) is 1. The Labute approximate surface area is 145 Å². The summed E-state index contributed by atoms with van der Waals surface area (Å²) < 4.78 is 11.5. The van der Waals surface area contributed by atoms with Gasteiger partial charge < -0.3 is 19.7 Å². The highest BCUT2D eigenvalue weighted by Crippen LogP contribution is 2.24. The normalized spacial score (nSPS) is 17.6. The second-order valence-corrected chi connectivity index (χ2v) is 6.83. The van der Waals surface area contributed by atoms with Crippen LogP contribution in [0.25, 0.3) is 0 Å². The van der Waals surface area contributed by atoms with Crippen LogP contribution in [0, 0.1) is 5.92 Å². The molecule has 1 aromatic rings. The number of carbonyl (C=O) groups is 1. The molecule has 1 saturated heterocycles. The van der Waals surface area contributed by atoms with Crippen LogP contribution in [0.2, 0.25) is 0 Å². The van der Waals surface area contributed by atoms with Gasteiger partial charge in [-0.05, 0) is 43.7 Å². The van der Waals surface area contributed by atoms with E-state index < -0.39 is 0 Å². The van der Waals surface area contributed by atoms with Crippen LogP contribution in [0.15, 0.2) is 24.3 Å². The lowest BCUT2D eigenvalue weighted by Gasteiger charge is -2.25. The van der Waals surface area contributed by atoms with Crippen molar-refractivity contribution in [3.63, 3.8) is 0 Å². The Balaban J connectivity index is 1.84. The maximum atomic E-state index is 12.4. The lowest BCUT2D eigenvalue weighted by Crippen LogP contribution is -2.34. The van der Waals surface area contributed by atoms with Crippen LogP contribution < -0.4 is 10.1 Å². The predicted molar refractivity (Wildman–Crippen MR) is 96.6 cm³/mol. The number of hydrogen-bond donors (Lipinski definition) is 1. The Hall–Kier alpha value is -1.75. The first-order chi connectivity index (χ1) is 11.6. The molecule has 134 valence electrons. The fourth-order valence-corrected chi connectivity index (χ4v) is 2.64. The minimum absolute atomic E-state index is 0.119. The van der Waals surface area contributed by atoms with E-state index in [9.17, 15) is 4.79 Å². The highest BCUT2D eigenvalue weighted by Gasteiger charge is 2.17. The Kier molecular flexibility index (Phi) is 7.37. The van der Waals surface area contributed by atoms with Gasteiger partial charge in [0.05, 0.1) is 18.4 Å². The molecule has 5 nitrogen and oxygen atoms in total. The standard InChI is InChI=1S/C19H30N2O3/c1-15(2)14-24-18-10-5-4-9-17(18)20-19(22)21(3)12-11-16-8-6-7-13-23-16/h4-5,9-10,15-16H,6-8,11-14H2,1-3H3,(H,20,22). The van der Waals surface area contributed by atoms with Crippen molar-refractivity contribution < 1.29 is 14.3 Å². The van der Waals surface area contributed by atoms with E-state index in [0.29, 0.717) is 30.5 Å². The zero-order valence-corrected chi connectivity index (χ0v) is 15.1. The van der Waals surface area contributed by atoms with Gasteiger partial charge in [0, 0.05) is 20.2 Å². The van der Waals surface area contributed by atoms with Gasteiger partial charge in [-0.25, -0.2) is 4.79 Å². The smallest absolute Gasteiger partial charge is 0.321 e. The molecule has 0 spiro atoms. The van der Waals surface area contributed by atoms with Crippen molar-refractivity contribution in [1.29, 1.82) is 0 Å². The lowest BCUT2D eigenvalue weighted by molar-refractivity contribution is 0.00848. The third-order valence-corrected chi connectivity index (χ3v) is 4.11. The van der Waals surface area contributed by atoms with Crippen LogP contribution in [-0.2, 0) is 4.74 Å². The van der Waals surface area contributed by atoms with Crippen LogP contribution in [0.5, 0.6) is 5.75 Å². The summed E-state index contributed by atoms with van der Waals surface area (Å²) in [5.74, 6) is 1.15. The van der Waals surface area contributed by atoms with Crippen molar-refractivity contribution in [1.82, 2.24) is 4.90 Å². The number of para-hydroxylation sites is 2. The number of benzene rings is 1. The number of rotatable bonds is 7. The Morgan fingerprint density at radius 2 is 2.17 bits per heavy atom. The van der Waals surface area contributed by atoms with E-state index in [1.165, 1.54) is 6.42 Å². The molecular formula is C19H30N2O3. The monoisotopic (exact) mass is 334 g/mol. The summed E-state index contributed by atoms with van der Waals surface area (Å²) in [6, 6.07) is 7.44. The van der Waals surface area contributed by atoms with Crippen LogP contribution in [0.4, 0.5) is 10.5 Å². The van der Waals surface area contributed by atoms with Gasteiger partial charge in [0.25, 0.3) is 0 Å². The van der Waals surface area contributed by atoms with E-state index >= 15 is 0 Å². The number of nitrogens with one attached hydrogen (secondary N) is 1. The van der Waals surface area contributed by atoms with E-state index in [-0.39, 0.29) is 12.1 Å². The second kappa shape index (κ2) is 9.52. The SMILES string of the molecule is CC(C)COc1ccccc1NC(=O)N(C)CCC1CCCCO1. The third kappa shape index (κ3) is 6.04. The first-order valence-corrected chi connectivity index (χ1v) is 8.92. The molecule has 2 amide bonds. The van der Waals surface area contributed by atoms with E-state index in [1.54, 1.807) is 4.90 Å². The molecule has 0 radical (unpaired) electrons. The van der Waals surface area contributed by atoms with E-state index in [2.05, 4.69) is 19.2 Å². The number of ether oxygens (including phenoxy) is 2. The zero-order chi connectivity index (χ0) is 17.4. The summed E-state index contributed by atoms with van der Waals surface area (Å²) in [5.41, 5.74) is 0.712. The Morgan fingerprint density at radius 3 is 2.88 bits per heavy atom. The molecule has 1 N–H and O–H groups in total. The summed E-state index contributed by atoms with van der Waals surface area (Å²) in [5, 5.41) is 2.94. The Bertz CT molecular complexity index is 513. The van der Waals surface area contributed by atoms with Crippen molar-refractivity contribution in [3.8, 4) is 5.75 Å². The minimum Gasteiger partial charge on any atom is -0.491 e. The molecule has 5 heteroatoms. The van der Waals surface area contributed by atoms with Gasteiger partial charge in [0.1, 0.15) is 5.75 Å². The van der Waals surface area contributed by atoms with Crippen molar-refractivity contribution in [2.24, 2.45) is 5.92 Å². The molecule has 1 fully saturated rings. The van der Waals surface area contributed by atoms with Crippen molar-refractivity contribution >= 4 is 11.7 Å². The van der Waals surface area contributed by atoms with Crippen molar-refractivity contribution in [2.75, 3.05) is 32.1 Å². The second-order valence-electron chi connectivity index (χ2n) is 6.83. The molecule has 24 heavy (non-hydrogen) atoms. The van der Waals surface area contributed by atoms with E-state index in [1.807, 2.05) is 31.3 Å². The molecule has 1 aromatic carbocycles. The van der Waals surface area contributed by atoms with Crippen molar-refractivity contribution in [3.05, 3.63) is 24.3 Å². The summed E-state index contributed by atoms with van der Waals surface area (Å²) in [6.07, 6.45) is 4.65. The molecule has 1 atom stereocenters. The summed E-state index contributed by atoms with van der Waals surface area (Å²) in [4.78, 5) is 14.1. The number of amides is 2. The van der Waals surface area contributed by atoms with Gasteiger partial charge in [-0.2, -0.15) is 0 Å². The maximum absolute atomic E-state index is 12.4.